The molecule has 1 unspecified atom stereocenters. The number of nitrogens with one attached hydrogen (secondary N) is 1. The van der Waals surface area contributed by atoms with Crippen LogP contribution in [0.4, 0.5) is 0 Å². The van der Waals surface area contributed by atoms with Crippen LogP contribution in [0.1, 0.15) is 47.8 Å². The number of carbonyl (C=O) groups excluding carboxylic acids is 1. The van der Waals surface area contributed by atoms with Crippen LogP contribution in [0.5, 0.6) is 5.75 Å². The smallest absolute Gasteiger partial charge is 0.251 e. The maximum atomic E-state index is 12.5. The van der Waals surface area contributed by atoms with Gasteiger partial charge in [0.25, 0.3) is 5.91 Å². The largest absolute Gasteiger partial charge is 0.496 e. The lowest BCUT2D eigenvalue weighted by molar-refractivity contribution is 0.0939. The Morgan fingerprint density at radius 1 is 1.17 bits per heavy atom. The van der Waals surface area contributed by atoms with Crippen LogP contribution in [-0.2, 0) is 11.3 Å². The number of carbonyl (C=O) groups is 1. The Morgan fingerprint density at radius 3 is 2.58 bits per heavy atom. The molecule has 0 radical (unpaired) electrons. The summed E-state index contributed by atoms with van der Waals surface area (Å²) in [5.74, 6) is 0.629. The molecule has 0 aliphatic carbocycles. The van der Waals surface area contributed by atoms with Gasteiger partial charge in [-0.15, -0.1) is 0 Å². The van der Waals surface area contributed by atoms with Gasteiger partial charge in [-0.1, -0.05) is 37.3 Å². The van der Waals surface area contributed by atoms with Crippen LogP contribution in [0.15, 0.2) is 48.5 Å². The Morgan fingerprint density at radius 2 is 1.92 bits per heavy atom. The molecule has 1 N–H and O–H groups in total. The van der Waals surface area contributed by atoms with E-state index in [9.17, 15) is 4.79 Å². The summed E-state index contributed by atoms with van der Waals surface area (Å²) in [6, 6.07) is 15.3. The number of rotatable bonds is 8. The number of benzene rings is 2. The molecule has 0 heterocycles. The van der Waals surface area contributed by atoms with E-state index in [1.54, 1.807) is 13.2 Å². The number of hydrogen-bond donors (Lipinski definition) is 1. The first-order valence-electron chi connectivity index (χ1n) is 8.26. The van der Waals surface area contributed by atoms with E-state index in [1.807, 2.05) is 49.4 Å². The van der Waals surface area contributed by atoms with Crippen molar-refractivity contribution in [2.75, 3.05) is 13.7 Å². The van der Waals surface area contributed by atoms with Crippen molar-refractivity contribution in [3.05, 3.63) is 65.2 Å². The summed E-state index contributed by atoms with van der Waals surface area (Å²) in [7, 11) is 1.62. The summed E-state index contributed by atoms with van der Waals surface area (Å²) < 4.78 is 10.9. The number of ether oxygens (including phenoxy) is 2. The van der Waals surface area contributed by atoms with Crippen molar-refractivity contribution < 1.29 is 14.3 Å². The summed E-state index contributed by atoms with van der Waals surface area (Å²) in [6.07, 6.45) is 0.955. The van der Waals surface area contributed by atoms with Gasteiger partial charge in [-0.3, -0.25) is 4.79 Å². The highest BCUT2D eigenvalue weighted by atomic mass is 16.5. The molecule has 1 atom stereocenters. The fourth-order valence-electron chi connectivity index (χ4n) is 2.46. The predicted octanol–water partition coefficient (Wildman–Crippen LogP) is 4.11. The second kappa shape index (κ2) is 9.08. The van der Waals surface area contributed by atoms with E-state index >= 15 is 0 Å². The highest BCUT2D eigenvalue weighted by molar-refractivity contribution is 5.94. The lowest BCUT2D eigenvalue weighted by Crippen LogP contribution is -2.26. The van der Waals surface area contributed by atoms with Gasteiger partial charge < -0.3 is 14.8 Å². The highest BCUT2D eigenvalue weighted by Crippen LogP contribution is 2.21. The van der Waals surface area contributed by atoms with Crippen LogP contribution >= 0.6 is 0 Å². The Hall–Kier alpha value is -2.33. The van der Waals surface area contributed by atoms with Crippen molar-refractivity contribution in [2.24, 2.45) is 0 Å². The minimum absolute atomic E-state index is 0.0550. The second-order valence-corrected chi connectivity index (χ2v) is 5.69. The molecule has 0 fully saturated rings. The Labute approximate surface area is 143 Å². The molecule has 0 saturated heterocycles. The van der Waals surface area contributed by atoms with E-state index in [4.69, 9.17) is 9.47 Å². The average Bonchev–Trinajstić information content (AvgIpc) is 2.62. The van der Waals surface area contributed by atoms with Crippen molar-refractivity contribution in [2.45, 2.75) is 32.9 Å². The first-order valence-corrected chi connectivity index (χ1v) is 8.26. The monoisotopic (exact) mass is 327 g/mol. The fourth-order valence-corrected chi connectivity index (χ4v) is 2.46. The molecule has 0 aromatic heterocycles. The maximum Gasteiger partial charge on any atom is 0.251 e. The van der Waals surface area contributed by atoms with Crippen LogP contribution in [-0.4, -0.2) is 19.6 Å². The van der Waals surface area contributed by atoms with Gasteiger partial charge in [-0.2, -0.15) is 0 Å². The van der Waals surface area contributed by atoms with Crippen molar-refractivity contribution in [3.63, 3.8) is 0 Å². The summed E-state index contributed by atoms with van der Waals surface area (Å²) in [5.41, 5.74) is 2.56. The van der Waals surface area contributed by atoms with Gasteiger partial charge in [0.05, 0.1) is 19.8 Å². The average molecular weight is 327 g/mol. The molecule has 0 saturated carbocycles. The minimum atomic E-state index is -0.106. The first kappa shape index (κ1) is 18.0. The van der Waals surface area contributed by atoms with Gasteiger partial charge in [-0.25, -0.2) is 0 Å². The van der Waals surface area contributed by atoms with Gasteiger partial charge in [0, 0.05) is 17.7 Å². The number of hydrogen-bond acceptors (Lipinski definition) is 3. The van der Waals surface area contributed by atoms with E-state index in [1.165, 1.54) is 0 Å². The topological polar surface area (TPSA) is 47.6 Å². The molecule has 0 aliphatic heterocycles. The predicted molar refractivity (Wildman–Crippen MR) is 95.3 cm³/mol. The first-order chi connectivity index (χ1) is 11.7. The molecule has 0 spiro atoms. The molecule has 1 amide bonds. The normalized spacial score (nSPS) is 11.8. The molecule has 2 aromatic rings. The van der Waals surface area contributed by atoms with Crippen LogP contribution in [0.25, 0.3) is 0 Å². The van der Waals surface area contributed by atoms with E-state index < -0.39 is 0 Å². The van der Waals surface area contributed by atoms with E-state index in [-0.39, 0.29) is 11.9 Å². The molecule has 2 rings (SSSR count). The molecule has 2 aromatic carbocycles. The zero-order chi connectivity index (χ0) is 17.4. The molecule has 0 aliphatic rings. The maximum absolute atomic E-state index is 12.5. The van der Waals surface area contributed by atoms with Gasteiger partial charge in [0.1, 0.15) is 5.75 Å². The Balaban J connectivity index is 2.09. The molecule has 128 valence electrons. The standard InChI is InChI=1S/C20H25NO3/c1-4-12-24-14-18-13-17(10-11-19(18)23-3)20(22)21-15(2)16-8-6-5-7-9-16/h5-11,13,15H,4,12,14H2,1-3H3,(H,21,22). The summed E-state index contributed by atoms with van der Waals surface area (Å²) in [6.45, 7) is 5.16. The Bertz CT molecular complexity index is 655. The van der Waals surface area contributed by atoms with Crippen LogP contribution in [0.2, 0.25) is 0 Å². The number of amides is 1. The molecular formula is C20H25NO3. The van der Waals surface area contributed by atoms with Crippen molar-refractivity contribution >= 4 is 5.91 Å². The van der Waals surface area contributed by atoms with E-state index in [0.29, 0.717) is 18.8 Å². The summed E-state index contributed by atoms with van der Waals surface area (Å²) in [4.78, 5) is 12.5. The third kappa shape index (κ3) is 4.83. The molecular weight excluding hydrogens is 302 g/mol. The van der Waals surface area contributed by atoms with Gasteiger partial charge in [0.15, 0.2) is 0 Å². The minimum Gasteiger partial charge on any atom is -0.496 e. The van der Waals surface area contributed by atoms with Crippen LogP contribution in [0.3, 0.4) is 0 Å². The molecule has 24 heavy (non-hydrogen) atoms. The lowest BCUT2D eigenvalue weighted by Gasteiger charge is -2.15. The fraction of sp³-hybridized carbons (Fsp3) is 0.350. The van der Waals surface area contributed by atoms with Crippen molar-refractivity contribution in [1.82, 2.24) is 5.32 Å². The third-order valence-corrected chi connectivity index (χ3v) is 3.80. The molecule has 4 nitrogen and oxygen atoms in total. The van der Waals surface area contributed by atoms with E-state index in [2.05, 4.69) is 12.2 Å². The highest BCUT2D eigenvalue weighted by Gasteiger charge is 2.13. The second-order valence-electron chi connectivity index (χ2n) is 5.69. The van der Waals surface area contributed by atoms with Gasteiger partial charge in [-0.05, 0) is 37.1 Å². The Kier molecular flexibility index (Phi) is 6.82. The summed E-state index contributed by atoms with van der Waals surface area (Å²) >= 11 is 0. The summed E-state index contributed by atoms with van der Waals surface area (Å²) in [5, 5.41) is 3.02. The quantitative estimate of drug-likeness (QED) is 0.742. The van der Waals surface area contributed by atoms with Gasteiger partial charge >= 0.3 is 0 Å². The number of methoxy groups -OCH3 is 1. The van der Waals surface area contributed by atoms with Crippen molar-refractivity contribution in [1.29, 1.82) is 0 Å². The molecule has 4 heteroatoms. The third-order valence-electron chi connectivity index (χ3n) is 3.80. The SMILES string of the molecule is CCCOCc1cc(C(=O)NC(C)c2ccccc2)ccc1OC. The lowest BCUT2D eigenvalue weighted by atomic mass is 10.1. The van der Waals surface area contributed by atoms with E-state index in [0.717, 1.165) is 23.3 Å². The van der Waals surface area contributed by atoms with Crippen LogP contribution < -0.4 is 10.1 Å². The zero-order valence-corrected chi connectivity index (χ0v) is 14.5. The molecule has 0 bridgehead atoms. The van der Waals surface area contributed by atoms with Gasteiger partial charge in [0.2, 0.25) is 0 Å². The zero-order valence-electron chi connectivity index (χ0n) is 14.5. The van der Waals surface area contributed by atoms with Crippen molar-refractivity contribution in [3.8, 4) is 5.75 Å². The van der Waals surface area contributed by atoms with Crippen LogP contribution in [0, 0.1) is 0 Å².